The molecule has 0 aliphatic rings. The average molecular weight is 340 g/mol. The van der Waals surface area contributed by atoms with Gasteiger partial charge in [0.1, 0.15) is 11.5 Å². The van der Waals surface area contributed by atoms with E-state index < -0.39 is 23.4 Å². The van der Waals surface area contributed by atoms with E-state index in [0.29, 0.717) is 17.2 Å². The van der Waals surface area contributed by atoms with E-state index in [1.54, 1.807) is 18.2 Å². The fourth-order valence-corrected chi connectivity index (χ4v) is 1.94. The minimum absolute atomic E-state index is 0.318. The molecular weight excluding hydrogens is 325 g/mol. The maximum Gasteiger partial charge on any atom is 0.243 e. The van der Waals surface area contributed by atoms with Gasteiger partial charge in [-0.15, -0.1) is 0 Å². The van der Waals surface area contributed by atoms with Gasteiger partial charge in [-0.3, -0.25) is 4.79 Å². The number of benzene rings is 2. The number of carbonyl (C=O) groups excluding carboxylic acids is 1. The number of hydrogen-bond acceptors (Lipinski definition) is 4. The van der Waals surface area contributed by atoms with Crippen molar-refractivity contribution in [1.82, 2.24) is 0 Å². The molecule has 0 aromatic heterocycles. The van der Waals surface area contributed by atoms with Crippen LogP contribution in [0.4, 0.5) is 24.5 Å². The highest BCUT2D eigenvalue weighted by atomic mass is 19.2. The van der Waals surface area contributed by atoms with Crippen molar-refractivity contribution < 1.29 is 27.4 Å². The van der Waals surface area contributed by atoms with Crippen molar-refractivity contribution in [2.45, 2.75) is 0 Å². The van der Waals surface area contributed by atoms with E-state index >= 15 is 0 Å². The van der Waals surface area contributed by atoms with Gasteiger partial charge in [0.25, 0.3) is 0 Å². The van der Waals surface area contributed by atoms with Crippen LogP contribution in [-0.2, 0) is 4.79 Å². The molecule has 2 aromatic rings. The summed E-state index contributed by atoms with van der Waals surface area (Å²) in [7, 11) is 2.91. The molecule has 0 spiro atoms. The molecule has 2 N–H and O–H groups in total. The van der Waals surface area contributed by atoms with Crippen LogP contribution < -0.4 is 20.1 Å². The number of ether oxygens (including phenoxy) is 2. The van der Waals surface area contributed by atoms with Crippen LogP contribution in [0.15, 0.2) is 30.3 Å². The predicted molar refractivity (Wildman–Crippen MR) is 83.0 cm³/mol. The third-order valence-electron chi connectivity index (χ3n) is 3.16. The van der Waals surface area contributed by atoms with Gasteiger partial charge in [0, 0.05) is 6.07 Å². The Morgan fingerprint density at radius 3 is 2.42 bits per heavy atom. The molecule has 24 heavy (non-hydrogen) atoms. The number of nitrogens with one attached hydrogen (secondary N) is 2. The monoisotopic (exact) mass is 340 g/mol. The Labute approximate surface area is 136 Å². The van der Waals surface area contributed by atoms with Gasteiger partial charge >= 0.3 is 0 Å². The second-order valence-electron chi connectivity index (χ2n) is 4.69. The molecule has 1 amide bonds. The SMILES string of the molecule is COc1ccc(OC)c(NC(=O)CNc2ccc(F)c(F)c2F)c1. The predicted octanol–water partition coefficient (Wildman–Crippen LogP) is 3.17. The topological polar surface area (TPSA) is 59.6 Å². The smallest absolute Gasteiger partial charge is 0.243 e. The zero-order valence-electron chi connectivity index (χ0n) is 13.0. The quantitative estimate of drug-likeness (QED) is 0.793. The number of rotatable bonds is 6. The molecule has 0 atom stereocenters. The molecule has 8 heteroatoms. The Bertz CT molecular complexity index is 754. The highest BCUT2D eigenvalue weighted by Crippen LogP contribution is 2.28. The van der Waals surface area contributed by atoms with E-state index in [9.17, 15) is 18.0 Å². The van der Waals surface area contributed by atoms with Gasteiger partial charge in [0.2, 0.25) is 5.91 Å². The Kier molecular flexibility index (Phi) is 5.51. The largest absolute Gasteiger partial charge is 0.497 e. The van der Waals surface area contributed by atoms with Crippen molar-refractivity contribution in [3.05, 3.63) is 47.8 Å². The molecule has 0 bridgehead atoms. The minimum Gasteiger partial charge on any atom is -0.497 e. The van der Waals surface area contributed by atoms with Gasteiger partial charge < -0.3 is 20.1 Å². The molecule has 0 aliphatic carbocycles. The molecule has 0 aliphatic heterocycles. The molecule has 128 valence electrons. The summed E-state index contributed by atoms with van der Waals surface area (Å²) in [4.78, 5) is 12.0. The summed E-state index contributed by atoms with van der Waals surface area (Å²) in [5.41, 5.74) is 0.0380. The standard InChI is InChI=1S/C16H15F3N2O3/c1-23-9-3-6-13(24-2)12(7-9)21-14(22)8-20-11-5-4-10(17)15(18)16(11)19/h3-7,20H,8H2,1-2H3,(H,21,22). The van der Waals surface area contributed by atoms with Crippen molar-refractivity contribution in [1.29, 1.82) is 0 Å². The molecule has 0 heterocycles. The third-order valence-corrected chi connectivity index (χ3v) is 3.16. The lowest BCUT2D eigenvalue weighted by atomic mass is 10.2. The zero-order chi connectivity index (χ0) is 17.7. The van der Waals surface area contributed by atoms with Crippen LogP contribution in [0.25, 0.3) is 0 Å². The summed E-state index contributed by atoms with van der Waals surface area (Å²) in [5.74, 6) is -3.92. The van der Waals surface area contributed by atoms with Gasteiger partial charge in [-0.2, -0.15) is 0 Å². The summed E-state index contributed by atoms with van der Waals surface area (Å²) in [5, 5.41) is 4.96. The summed E-state index contributed by atoms with van der Waals surface area (Å²) in [6, 6.07) is 6.59. The number of carbonyl (C=O) groups is 1. The first-order valence-corrected chi connectivity index (χ1v) is 6.85. The Morgan fingerprint density at radius 1 is 1.00 bits per heavy atom. The number of halogens is 3. The van der Waals surface area contributed by atoms with Crippen molar-refractivity contribution in [3.63, 3.8) is 0 Å². The van der Waals surface area contributed by atoms with E-state index in [-0.39, 0.29) is 12.2 Å². The minimum atomic E-state index is -1.60. The van der Waals surface area contributed by atoms with E-state index in [4.69, 9.17) is 9.47 Å². The fourth-order valence-electron chi connectivity index (χ4n) is 1.94. The molecule has 0 saturated carbocycles. The first-order valence-electron chi connectivity index (χ1n) is 6.85. The lowest BCUT2D eigenvalue weighted by Crippen LogP contribution is -2.22. The van der Waals surface area contributed by atoms with Crippen molar-refractivity contribution in [3.8, 4) is 11.5 Å². The van der Waals surface area contributed by atoms with Crippen LogP contribution in [-0.4, -0.2) is 26.7 Å². The third kappa shape index (κ3) is 3.89. The summed E-state index contributed by atoms with van der Waals surface area (Å²) in [6.45, 7) is -0.359. The fraction of sp³-hybridized carbons (Fsp3) is 0.188. The first-order chi connectivity index (χ1) is 11.5. The van der Waals surface area contributed by atoms with Crippen LogP contribution in [0, 0.1) is 17.5 Å². The molecule has 0 radical (unpaired) electrons. The van der Waals surface area contributed by atoms with Crippen molar-refractivity contribution in [2.75, 3.05) is 31.4 Å². The highest BCUT2D eigenvalue weighted by Gasteiger charge is 2.14. The van der Waals surface area contributed by atoms with E-state index in [1.165, 1.54) is 14.2 Å². The highest BCUT2D eigenvalue weighted by molar-refractivity contribution is 5.95. The van der Waals surface area contributed by atoms with Crippen LogP contribution in [0.2, 0.25) is 0 Å². The normalized spacial score (nSPS) is 10.2. The van der Waals surface area contributed by atoms with E-state index in [1.807, 2.05) is 0 Å². The molecule has 0 fully saturated rings. The van der Waals surface area contributed by atoms with Crippen molar-refractivity contribution >= 4 is 17.3 Å². The van der Waals surface area contributed by atoms with Crippen LogP contribution in [0.5, 0.6) is 11.5 Å². The number of amides is 1. The van der Waals surface area contributed by atoms with Crippen LogP contribution in [0.1, 0.15) is 0 Å². The van der Waals surface area contributed by atoms with Gasteiger partial charge in [0.15, 0.2) is 17.5 Å². The lowest BCUT2D eigenvalue weighted by molar-refractivity contribution is -0.114. The number of hydrogen-bond donors (Lipinski definition) is 2. The molecule has 2 rings (SSSR count). The van der Waals surface area contributed by atoms with Gasteiger partial charge in [-0.25, -0.2) is 13.2 Å². The van der Waals surface area contributed by atoms with Gasteiger partial charge in [-0.1, -0.05) is 0 Å². The number of methoxy groups -OCH3 is 2. The van der Waals surface area contributed by atoms with Crippen molar-refractivity contribution in [2.24, 2.45) is 0 Å². The number of anilines is 2. The summed E-state index contributed by atoms with van der Waals surface area (Å²) < 4.78 is 49.7. The molecule has 0 unspecified atom stereocenters. The van der Waals surface area contributed by atoms with E-state index in [2.05, 4.69) is 10.6 Å². The zero-order valence-corrected chi connectivity index (χ0v) is 13.0. The molecule has 0 saturated heterocycles. The first kappa shape index (κ1) is 17.5. The Morgan fingerprint density at radius 2 is 1.75 bits per heavy atom. The van der Waals surface area contributed by atoms with E-state index in [0.717, 1.165) is 12.1 Å². The maximum atomic E-state index is 13.5. The maximum absolute atomic E-state index is 13.5. The Balaban J connectivity index is 2.05. The van der Waals surface area contributed by atoms with Crippen LogP contribution >= 0.6 is 0 Å². The summed E-state index contributed by atoms with van der Waals surface area (Å²) >= 11 is 0. The molecular formula is C16H15F3N2O3. The Hall–Kier alpha value is -2.90. The second-order valence-corrected chi connectivity index (χ2v) is 4.69. The van der Waals surface area contributed by atoms with Crippen LogP contribution in [0.3, 0.4) is 0 Å². The molecule has 2 aromatic carbocycles. The molecule has 5 nitrogen and oxygen atoms in total. The second kappa shape index (κ2) is 7.58. The summed E-state index contributed by atoms with van der Waals surface area (Å²) in [6.07, 6.45) is 0. The van der Waals surface area contributed by atoms with Gasteiger partial charge in [0.05, 0.1) is 32.1 Å². The lowest BCUT2D eigenvalue weighted by Gasteiger charge is -2.13. The van der Waals surface area contributed by atoms with Gasteiger partial charge in [-0.05, 0) is 24.3 Å². The average Bonchev–Trinajstić information content (AvgIpc) is 2.59.